The van der Waals surface area contributed by atoms with Crippen molar-refractivity contribution in [1.82, 2.24) is 10.3 Å². The Labute approximate surface area is 100 Å². The fourth-order valence-corrected chi connectivity index (χ4v) is 2.48. The Hall–Kier alpha value is -0.500. The summed E-state index contributed by atoms with van der Waals surface area (Å²) in [4.78, 5) is 5.51. The van der Waals surface area contributed by atoms with E-state index in [0.29, 0.717) is 6.54 Å². The van der Waals surface area contributed by atoms with Crippen LogP contribution >= 0.6 is 11.3 Å². The van der Waals surface area contributed by atoms with Crippen molar-refractivity contribution in [2.24, 2.45) is 5.14 Å². The second kappa shape index (κ2) is 5.72. The summed E-state index contributed by atoms with van der Waals surface area (Å²) in [5.74, 6) is -0.0522. The molecule has 0 aliphatic rings. The number of hydrogen-bond donors (Lipinski definition) is 2. The lowest BCUT2D eigenvalue weighted by Gasteiger charge is -2.09. The van der Waals surface area contributed by atoms with Crippen molar-refractivity contribution in [3.05, 3.63) is 16.1 Å². The SMILES string of the molecule is CCc1cnc(C(C)NCCS(N)(=O)=O)s1. The van der Waals surface area contributed by atoms with Crippen LogP contribution in [0.5, 0.6) is 0 Å². The maximum atomic E-state index is 10.7. The van der Waals surface area contributed by atoms with Crippen LogP contribution in [0.25, 0.3) is 0 Å². The Morgan fingerprint density at radius 3 is 2.81 bits per heavy atom. The van der Waals surface area contributed by atoms with Gasteiger partial charge in [-0.15, -0.1) is 11.3 Å². The number of aryl methyl sites for hydroxylation is 1. The van der Waals surface area contributed by atoms with E-state index in [-0.39, 0.29) is 11.8 Å². The molecule has 3 N–H and O–H groups in total. The van der Waals surface area contributed by atoms with E-state index in [0.717, 1.165) is 11.4 Å². The number of aromatic nitrogens is 1. The first kappa shape index (κ1) is 13.6. The summed E-state index contributed by atoms with van der Waals surface area (Å²) in [6, 6.07) is 0.0621. The first-order valence-electron chi connectivity index (χ1n) is 5.11. The van der Waals surface area contributed by atoms with Gasteiger partial charge >= 0.3 is 0 Å². The van der Waals surface area contributed by atoms with Gasteiger partial charge < -0.3 is 5.32 Å². The number of hydrogen-bond acceptors (Lipinski definition) is 5. The first-order chi connectivity index (χ1) is 7.42. The summed E-state index contributed by atoms with van der Waals surface area (Å²) in [5.41, 5.74) is 0. The Morgan fingerprint density at radius 2 is 2.31 bits per heavy atom. The second-order valence-electron chi connectivity index (χ2n) is 3.56. The van der Waals surface area contributed by atoms with Crippen molar-refractivity contribution in [3.8, 4) is 0 Å². The van der Waals surface area contributed by atoms with E-state index < -0.39 is 10.0 Å². The van der Waals surface area contributed by atoms with Gasteiger partial charge in [-0.25, -0.2) is 18.5 Å². The molecule has 5 nitrogen and oxygen atoms in total. The van der Waals surface area contributed by atoms with Crippen molar-refractivity contribution in [2.45, 2.75) is 26.3 Å². The molecule has 0 saturated heterocycles. The summed E-state index contributed by atoms with van der Waals surface area (Å²) in [5, 5.41) is 8.96. The molecule has 0 bridgehead atoms. The number of rotatable bonds is 6. The van der Waals surface area contributed by atoms with E-state index in [9.17, 15) is 8.42 Å². The third kappa shape index (κ3) is 4.56. The molecule has 1 aromatic rings. The fourth-order valence-electron chi connectivity index (χ4n) is 1.19. The number of nitrogens with two attached hydrogens (primary N) is 1. The highest BCUT2D eigenvalue weighted by molar-refractivity contribution is 7.89. The van der Waals surface area contributed by atoms with Crippen molar-refractivity contribution < 1.29 is 8.42 Å². The van der Waals surface area contributed by atoms with E-state index in [1.54, 1.807) is 11.3 Å². The van der Waals surface area contributed by atoms with Crippen molar-refractivity contribution in [1.29, 1.82) is 0 Å². The molecule has 0 aromatic carbocycles. The molecule has 0 aliphatic carbocycles. The van der Waals surface area contributed by atoms with E-state index in [1.807, 2.05) is 13.1 Å². The molecular weight excluding hydrogens is 246 g/mol. The highest BCUT2D eigenvalue weighted by Gasteiger charge is 2.10. The van der Waals surface area contributed by atoms with E-state index in [4.69, 9.17) is 5.14 Å². The predicted molar refractivity (Wildman–Crippen MR) is 65.9 cm³/mol. The molecule has 92 valence electrons. The van der Waals surface area contributed by atoms with Gasteiger partial charge in [-0.3, -0.25) is 0 Å². The lowest BCUT2D eigenvalue weighted by Crippen LogP contribution is -2.28. The summed E-state index contributed by atoms with van der Waals surface area (Å²) in [7, 11) is -3.38. The zero-order valence-electron chi connectivity index (χ0n) is 9.43. The van der Waals surface area contributed by atoms with Crippen LogP contribution < -0.4 is 10.5 Å². The maximum absolute atomic E-state index is 10.7. The van der Waals surface area contributed by atoms with Crippen LogP contribution in [-0.2, 0) is 16.4 Å². The molecule has 0 fully saturated rings. The largest absolute Gasteiger partial charge is 0.307 e. The summed E-state index contributed by atoms with van der Waals surface area (Å²) in [6.45, 7) is 4.39. The number of nitrogens with zero attached hydrogens (tertiary/aromatic N) is 1. The van der Waals surface area contributed by atoms with E-state index >= 15 is 0 Å². The molecule has 1 atom stereocenters. The van der Waals surface area contributed by atoms with E-state index in [2.05, 4.69) is 17.2 Å². The molecule has 0 spiro atoms. The summed E-state index contributed by atoms with van der Waals surface area (Å²) < 4.78 is 21.4. The lowest BCUT2D eigenvalue weighted by molar-refractivity contribution is 0.572. The van der Waals surface area contributed by atoms with Crippen LogP contribution in [-0.4, -0.2) is 25.7 Å². The van der Waals surface area contributed by atoms with Gasteiger partial charge in [-0.05, 0) is 13.3 Å². The number of sulfonamides is 1. The van der Waals surface area contributed by atoms with Gasteiger partial charge in [0, 0.05) is 17.6 Å². The molecule has 1 heterocycles. The van der Waals surface area contributed by atoms with Crippen LogP contribution in [0.1, 0.15) is 29.8 Å². The van der Waals surface area contributed by atoms with Crippen LogP contribution in [0.2, 0.25) is 0 Å². The van der Waals surface area contributed by atoms with Gasteiger partial charge in [0.05, 0.1) is 11.8 Å². The van der Waals surface area contributed by atoms with Crippen molar-refractivity contribution in [3.63, 3.8) is 0 Å². The number of thiazole rings is 1. The zero-order chi connectivity index (χ0) is 12.2. The molecule has 1 unspecified atom stereocenters. The fraction of sp³-hybridized carbons (Fsp3) is 0.667. The first-order valence-corrected chi connectivity index (χ1v) is 7.64. The van der Waals surface area contributed by atoms with Crippen LogP contribution in [0.3, 0.4) is 0 Å². The number of nitrogens with one attached hydrogen (secondary N) is 1. The third-order valence-corrected chi connectivity index (χ3v) is 4.22. The van der Waals surface area contributed by atoms with Gasteiger partial charge in [0.2, 0.25) is 10.0 Å². The van der Waals surface area contributed by atoms with E-state index in [1.165, 1.54) is 4.88 Å². The van der Waals surface area contributed by atoms with Crippen LogP contribution in [0.15, 0.2) is 6.20 Å². The van der Waals surface area contributed by atoms with Gasteiger partial charge in [-0.2, -0.15) is 0 Å². The van der Waals surface area contributed by atoms with Crippen LogP contribution in [0.4, 0.5) is 0 Å². The van der Waals surface area contributed by atoms with Gasteiger partial charge in [0.1, 0.15) is 5.01 Å². The molecule has 0 aliphatic heterocycles. The van der Waals surface area contributed by atoms with Gasteiger partial charge in [0.15, 0.2) is 0 Å². The molecule has 0 saturated carbocycles. The standard InChI is InChI=1S/C9H17N3O2S2/c1-3-8-6-12-9(15-8)7(2)11-4-5-16(10,13)14/h6-7,11H,3-5H2,1-2H3,(H2,10,13,14). The Morgan fingerprint density at radius 1 is 1.62 bits per heavy atom. The maximum Gasteiger partial charge on any atom is 0.210 e. The normalized spacial score (nSPS) is 13.9. The number of primary sulfonamides is 1. The third-order valence-electron chi connectivity index (χ3n) is 2.13. The molecule has 16 heavy (non-hydrogen) atoms. The zero-order valence-corrected chi connectivity index (χ0v) is 11.1. The summed E-state index contributed by atoms with van der Waals surface area (Å²) >= 11 is 1.64. The summed E-state index contributed by atoms with van der Waals surface area (Å²) in [6.07, 6.45) is 2.83. The topological polar surface area (TPSA) is 85.1 Å². The molecule has 0 radical (unpaired) electrons. The minimum Gasteiger partial charge on any atom is -0.307 e. The Bertz CT molecular complexity index is 428. The average Bonchev–Trinajstić information content (AvgIpc) is 2.63. The minimum atomic E-state index is -3.38. The average molecular weight is 263 g/mol. The molecular formula is C9H17N3O2S2. The smallest absolute Gasteiger partial charge is 0.210 e. The Balaban J connectivity index is 2.43. The highest BCUT2D eigenvalue weighted by Crippen LogP contribution is 2.19. The molecule has 7 heteroatoms. The monoisotopic (exact) mass is 263 g/mol. The van der Waals surface area contributed by atoms with Gasteiger partial charge in [0.25, 0.3) is 0 Å². The van der Waals surface area contributed by atoms with Crippen molar-refractivity contribution >= 4 is 21.4 Å². The van der Waals surface area contributed by atoms with Gasteiger partial charge in [-0.1, -0.05) is 6.92 Å². The minimum absolute atomic E-state index is 0.0522. The predicted octanol–water partition coefficient (Wildman–Crippen LogP) is 0.645. The second-order valence-corrected chi connectivity index (χ2v) is 6.44. The highest BCUT2D eigenvalue weighted by atomic mass is 32.2. The quantitative estimate of drug-likeness (QED) is 0.789. The van der Waals surface area contributed by atoms with Crippen LogP contribution in [0, 0.1) is 0 Å². The molecule has 1 aromatic heterocycles. The molecule has 0 amide bonds. The molecule has 1 rings (SSSR count). The lowest BCUT2D eigenvalue weighted by atomic mass is 10.3. The Kier molecular flexibility index (Phi) is 4.85. The van der Waals surface area contributed by atoms with Crippen molar-refractivity contribution in [2.75, 3.05) is 12.3 Å².